The molecule has 11 heavy (non-hydrogen) atoms. The Labute approximate surface area is 67.8 Å². The molecule has 0 aromatic rings. The summed E-state index contributed by atoms with van der Waals surface area (Å²) in [5.41, 5.74) is 0. The van der Waals surface area contributed by atoms with E-state index in [0.717, 1.165) is 6.67 Å². The van der Waals surface area contributed by atoms with Gasteiger partial charge in [0.05, 0.1) is 6.04 Å². The predicted octanol–water partition coefficient (Wildman–Crippen LogP) is 0.127. The first-order valence-corrected chi connectivity index (χ1v) is 4.16. The van der Waals surface area contributed by atoms with Gasteiger partial charge in [0.15, 0.2) is 0 Å². The minimum Gasteiger partial charge on any atom is -0.295 e. The van der Waals surface area contributed by atoms with Gasteiger partial charge in [0.2, 0.25) is 6.29 Å². The summed E-state index contributed by atoms with van der Waals surface area (Å²) in [6.07, 6.45) is 4.49. The molecule has 1 aliphatic heterocycles. The molecular formula is C8H15N2O. The fourth-order valence-electron chi connectivity index (χ4n) is 1.25. The second-order valence-electron chi connectivity index (χ2n) is 3.03. The fraction of sp³-hybridized carbons (Fsp3) is 0.875. The van der Waals surface area contributed by atoms with Gasteiger partial charge < -0.3 is 0 Å². The van der Waals surface area contributed by atoms with Crippen LogP contribution in [0.25, 0.3) is 0 Å². The van der Waals surface area contributed by atoms with Crippen LogP contribution in [0.5, 0.6) is 0 Å². The SMILES string of the molecule is CC([C]=O)NCN1CCCC1. The average Bonchev–Trinajstić information content (AvgIpc) is 2.52. The minimum atomic E-state index is -0.129. The number of nitrogens with zero attached hydrogens (tertiary/aromatic N) is 1. The summed E-state index contributed by atoms with van der Waals surface area (Å²) in [6, 6.07) is -0.129. The van der Waals surface area contributed by atoms with Crippen molar-refractivity contribution < 1.29 is 4.79 Å². The molecule has 0 aromatic carbocycles. The molecule has 3 heteroatoms. The molecule has 1 saturated heterocycles. The molecule has 63 valence electrons. The largest absolute Gasteiger partial charge is 0.295 e. The normalized spacial score (nSPS) is 21.9. The highest BCUT2D eigenvalue weighted by Crippen LogP contribution is 2.04. The minimum absolute atomic E-state index is 0.129. The van der Waals surface area contributed by atoms with Crippen LogP contribution >= 0.6 is 0 Å². The van der Waals surface area contributed by atoms with Gasteiger partial charge in [-0.3, -0.25) is 15.0 Å². The van der Waals surface area contributed by atoms with Crippen molar-refractivity contribution in [2.24, 2.45) is 0 Å². The molecule has 0 amide bonds. The summed E-state index contributed by atoms with van der Waals surface area (Å²) in [7, 11) is 0. The van der Waals surface area contributed by atoms with Crippen molar-refractivity contribution in [1.29, 1.82) is 0 Å². The lowest BCUT2D eigenvalue weighted by molar-refractivity contribution is 0.304. The van der Waals surface area contributed by atoms with Gasteiger partial charge in [0.25, 0.3) is 0 Å². The van der Waals surface area contributed by atoms with E-state index in [1.54, 1.807) is 0 Å². The summed E-state index contributed by atoms with van der Waals surface area (Å²) in [6.45, 7) is 4.98. The monoisotopic (exact) mass is 155 g/mol. The van der Waals surface area contributed by atoms with E-state index in [9.17, 15) is 4.79 Å². The predicted molar refractivity (Wildman–Crippen MR) is 44.0 cm³/mol. The maximum atomic E-state index is 10.1. The standard InChI is InChI=1S/C8H15N2O/c1-8(6-11)9-7-10-4-2-3-5-10/h8-9H,2-5,7H2,1H3. The Hall–Kier alpha value is -0.410. The lowest BCUT2D eigenvalue weighted by atomic mass is 10.4. The molecule has 0 saturated carbocycles. The number of rotatable bonds is 4. The summed E-state index contributed by atoms with van der Waals surface area (Å²) < 4.78 is 0. The lowest BCUT2D eigenvalue weighted by Crippen LogP contribution is -2.37. The Morgan fingerprint density at radius 1 is 1.55 bits per heavy atom. The van der Waals surface area contributed by atoms with E-state index in [0.29, 0.717) is 0 Å². The smallest absolute Gasteiger partial charge is 0.216 e. The van der Waals surface area contributed by atoms with Crippen LogP contribution < -0.4 is 5.32 Å². The average molecular weight is 155 g/mol. The van der Waals surface area contributed by atoms with E-state index in [2.05, 4.69) is 10.2 Å². The van der Waals surface area contributed by atoms with Crippen molar-refractivity contribution in [2.75, 3.05) is 19.8 Å². The van der Waals surface area contributed by atoms with Crippen molar-refractivity contribution in [2.45, 2.75) is 25.8 Å². The summed E-state index contributed by atoms with van der Waals surface area (Å²) >= 11 is 0. The molecule has 1 rings (SSSR count). The van der Waals surface area contributed by atoms with Gasteiger partial charge >= 0.3 is 0 Å². The zero-order valence-corrected chi connectivity index (χ0v) is 6.97. The van der Waals surface area contributed by atoms with E-state index in [4.69, 9.17) is 0 Å². The van der Waals surface area contributed by atoms with E-state index in [1.807, 2.05) is 13.2 Å². The maximum absolute atomic E-state index is 10.1. The van der Waals surface area contributed by atoms with Gasteiger partial charge in [-0.15, -0.1) is 0 Å². The van der Waals surface area contributed by atoms with Crippen LogP contribution in [0.3, 0.4) is 0 Å². The highest BCUT2D eigenvalue weighted by molar-refractivity contribution is 5.57. The van der Waals surface area contributed by atoms with Crippen molar-refractivity contribution in [3.63, 3.8) is 0 Å². The third kappa shape index (κ3) is 2.99. The topological polar surface area (TPSA) is 32.3 Å². The van der Waals surface area contributed by atoms with Crippen molar-refractivity contribution in [3.8, 4) is 0 Å². The van der Waals surface area contributed by atoms with E-state index >= 15 is 0 Å². The molecular weight excluding hydrogens is 140 g/mol. The molecule has 1 aliphatic rings. The molecule has 1 fully saturated rings. The Morgan fingerprint density at radius 2 is 2.18 bits per heavy atom. The summed E-state index contributed by atoms with van der Waals surface area (Å²) in [5.74, 6) is 0. The molecule has 3 nitrogen and oxygen atoms in total. The second kappa shape index (κ2) is 4.46. The molecule has 1 heterocycles. The molecule has 0 bridgehead atoms. The van der Waals surface area contributed by atoms with Gasteiger partial charge in [-0.25, -0.2) is 0 Å². The zero-order chi connectivity index (χ0) is 8.10. The van der Waals surface area contributed by atoms with Crippen molar-refractivity contribution >= 4 is 6.29 Å². The Kier molecular flexibility index (Phi) is 3.52. The van der Waals surface area contributed by atoms with E-state index in [-0.39, 0.29) is 6.04 Å². The first-order chi connectivity index (χ1) is 5.33. The van der Waals surface area contributed by atoms with Crippen LogP contribution in [-0.2, 0) is 4.79 Å². The second-order valence-corrected chi connectivity index (χ2v) is 3.03. The molecule has 1 N–H and O–H groups in total. The molecule has 1 unspecified atom stereocenters. The van der Waals surface area contributed by atoms with Crippen LogP contribution in [0.15, 0.2) is 0 Å². The summed E-state index contributed by atoms with van der Waals surface area (Å²) in [4.78, 5) is 12.4. The third-order valence-electron chi connectivity index (χ3n) is 2.00. The first kappa shape index (κ1) is 8.68. The zero-order valence-electron chi connectivity index (χ0n) is 6.97. The quantitative estimate of drug-likeness (QED) is 0.626. The van der Waals surface area contributed by atoms with Gasteiger partial charge in [-0.2, -0.15) is 0 Å². The number of hydrogen-bond donors (Lipinski definition) is 1. The summed E-state index contributed by atoms with van der Waals surface area (Å²) in [5, 5.41) is 3.08. The molecule has 1 atom stereocenters. The molecule has 1 radical (unpaired) electrons. The molecule has 0 aromatic heterocycles. The Balaban J connectivity index is 2.06. The van der Waals surface area contributed by atoms with Crippen LogP contribution in [-0.4, -0.2) is 37.0 Å². The molecule has 0 aliphatic carbocycles. The Morgan fingerprint density at radius 3 is 2.73 bits per heavy atom. The number of hydrogen-bond acceptors (Lipinski definition) is 3. The van der Waals surface area contributed by atoms with Crippen molar-refractivity contribution in [3.05, 3.63) is 0 Å². The van der Waals surface area contributed by atoms with Gasteiger partial charge in [0.1, 0.15) is 0 Å². The van der Waals surface area contributed by atoms with Crippen LogP contribution in [0.4, 0.5) is 0 Å². The molecule has 0 spiro atoms. The third-order valence-corrected chi connectivity index (χ3v) is 2.00. The van der Waals surface area contributed by atoms with E-state index < -0.39 is 0 Å². The first-order valence-electron chi connectivity index (χ1n) is 4.16. The van der Waals surface area contributed by atoms with Gasteiger partial charge in [-0.05, 0) is 32.9 Å². The van der Waals surface area contributed by atoms with Crippen molar-refractivity contribution in [1.82, 2.24) is 10.2 Å². The lowest BCUT2D eigenvalue weighted by Gasteiger charge is -2.16. The maximum Gasteiger partial charge on any atom is 0.216 e. The van der Waals surface area contributed by atoms with Crippen LogP contribution in [0, 0.1) is 0 Å². The number of likely N-dealkylation sites (tertiary alicyclic amines) is 1. The number of nitrogens with one attached hydrogen (secondary N) is 1. The fourth-order valence-corrected chi connectivity index (χ4v) is 1.25. The van der Waals surface area contributed by atoms with Gasteiger partial charge in [0, 0.05) is 6.67 Å². The van der Waals surface area contributed by atoms with Gasteiger partial charge in [-0.1, -0.05) is 0 Å². The van der Waals surface area contributed by atoms with E-state index in [1.165, 1.54) is 25.9 Å². The highest BCUT2D eigenvalue weighted by atomic mass is 16.1. The number of carbonyl (C=O) groups excluding carboxylic acids is 1. The Bertz CT molecular complexity index is 121. The van der Waals surface area contributed by atoms with Crippen LogP contribution in [0.2, 0.25) is 0 Å². The highest BCUT2D eigenvalue weighted by Gasteiger charge is 2.11. The van der Waals surface area contributed by atoms with Crippen LogP contribution in [0.1, 0.15) is 19.8 Å².